The maximum atomic E-state index is 12.5. The van der Waals surface area contributed by atoms with E-state index in [1.165, 1.54) is 11.0 Å². The molecule has 0 bridgehead atoms. The van der Waals surface area contributed by atoms with Crippen molar-refractivity contribution in [1.29, 1.82) is 0 Å². The van der Waals surface area contributed by atoms with Crippen molar-refractivity contribution in [2.45, 2.75) is 0 Å². The standard InChI is InChI=1S/C14H9Cl2N5O/c15-9-1-4-11(5-2-9)18-14(22)12-6-3-10(16)7-13(12)21-8-17-19-20-21/h1-8H,(H,18,22). The lowest BCUT2D eigenvalue weighted by Gasteiger charge is -2.10. The Kier molecular flexibility index (Phi) is 4.04. The van der Waals surface area contributed by atoms with Gasteiger partial charge in [0.2, 0.25) is 0 Å². The smallest absolute Gasteiger partial charge is 0.257 e. The fourth-order valence-electron chi connectivity index (χ4n) is 1.89. The van der Waals surface area contributed by atoms with Gasteiger partial charge in [-0.3, -0.25) is 4.79 Å². The summed E-state index contributed by atoms with van der Waals surface area (Å²) in [5, 5.41) is 14.8. The molecule has 0 saturated carbocycles. The number of halogens is 2. The molecule has 1 aromatic heterocycles. The highest BCUT2D eigenvalue weighted by atomic mass is 35.5. The summed E-state index contributed by atoms with van der Waals surface area (Å²) in [6.07, 6.45) is 1.39. The molecule has 1 N–H and O–H groups in total. The van der Waals surface area contributed by atoms with Gasteiger partial charge >= 0.3 is 0 Å². The summed E-state index contributed by atoms with van der Waals surface area (Å²) in [6, 6.07) is 11.7. The number of carbonyl (C=O) groups is 1. The van der Waals surface area contributed by atoms with Gasteiger partial charge in [0.25, 0.3) is 5.91 Å². The number of nitrogens with one attached hydrogen (secondary N) is 1. The molecule has 1 heterocycles. The highest BCUT2D eigenvalue weighted by molar-refractivity contribution is 6.31. The Morgan fingerprint density at radius 1 is 1.05 bits per heavy atom. The van der Waals surface area contributed by atoms with Crippen molar-refractivity contribution >= 4 is 34.8 Å². The molecule has 0 unspecified atom stereocenters. The van der Waals surface area contributed by atoms with Crippen LogP contribution < -0.4 is 5.32 Å². The van der Waals surface area contributed by atoms with E-state index in [4.69, 9.17) is 23.2 Å². The summed E-state index contributed by atoms with van der Waals surface area (Å²) in [7, 11) is 0. The summed E-state index contributed by atoms with van der Waals surface area (Å²) in [4.78, 5) is 12.5. The maximum Gasteiger partial charge on any atom is 0.257 e. The number of nitrogens with zero attached hydrogens (tertiary/aromatic N) is 4. The maximum absolute atomic E-state index is 12.5. The van der Waals surface area contributed by atoms with Gasteiger partial charge in [-0.05, 0) is 52.9 Å². The van der Waals surface area contributed by atoms with E-state index in [1.54, 1.807) is 42.5 Å². The van der Waals surface area contributed by atoms with E-state index in [0.29, 0.717) is 27.0 Å². The van der Waals surface area contributed by atoms with Gasteiger partial charge in [-0.25, -0.2) is 0 Å². The molecule has 110 valence electrons. The number of tetrazole rings is 1. The molecule has 6 nitrogen and oxygen atoms in total. The number of aromatic nitrogens is 4. The number of hydrogen-bond acceptors (Lipinski definition) is 4. The fraction of sp³-hybridized carbons (Fsp3) is 0. The van der Waals surface area contributed by atoms with E-state index < -0.39 is 0 Å². The Labute approximate surface area is 135 Å². The molecule has 1 amide bonds. The monoisotopic (exact) mass is 333 g/mol. The second-order valence-corrected chi connectivity index (χ2v) is 5.25. The third-order valence-corrected chi connectivity index (χ3v) is 3.39. The van der Waals surface area contributed by atoms with E-state index in [-0.39, 0.29) is 5.91 Å². The molecule has 0 aliphatic carbocycles. The van der Waals surface area contributed by atoms with Crippen LogP contribution in [0.15, 0.2) is 48.8 Å². The van der Waals surface area contributed by atoms with Gasteiger partial charge in [0.05, 0.1) is 11.3 Å². The van der Waals surface area contributed by atoms with Crippen molar-refractivity contribution in [3.05, 3.63) is 64.4 Å². The quantitative estimate of drug-likeness (QED) is 0.798. The molecule has 3 aromatic rings. The highest BCUT2D eigenvalue weighted by Gasteiger charge is 2.14. The Hall–Kier alpha value is -2.44. The van der Waals surface area contributed by atoms with E-state index >= 15 is 0 Å². The average Bonchev–Trinajstić information content (AvgIpc) is 3.03. The summed E-state index contributed by atoms with van der Waals surface area (Å²) >= 11 is 11.8. The van der Waals surface area contributed by atoms with Crippen molar-refractivity contribution in [1.82, 2.24) is 20.2 Å². The van der Waals surface area contributed by atoms with Crippen molar-refractivity contribution in [3.63, 3.8) is 0 Å². The van der Waals surface area contributed by atoms with Gasteiger partial charge < -0.3 is 5.32 Å². The van der Waals surface area contributed by atoms with Gasteiger partial charge in [-0.1, -0.05) is 23.2 Å². The Bertz CT molecular complexity index is 803. The van der Waals surface area contributed by atoms with Crippen molar-refractivity contribution in [2.24, 2.45) is 0 Å². The van der Waals surface area contributed by atoms with Crippen molar-refractivity contribution in [2.75, 3.05) is 5.32 Å². The average molecular weight is 334 g/mol. The van der Waals surface area contributed by atoms with Crippen LogP contribution in [0.25, 0.3) is 5.69 Å². The molecule has 0 fully saturated rings. The summed E-state index contributed by atoms with van der Waals surface area (Å²) < 4.78 is 1.38. The van der Waals surface area contributed by atoms with Crippen LogP contribution in [-0.2, 0) is 0 Å². The van der Waals surface area contributed by atoms with Crippen LogP contribution in [0.4, 0.5) is 5.69 Å². The number of carbonyl (C=O) groups excluding carboxylic acids is 1. The number of amides is 1. The molecule has 0 saturated heterocycles. The van der Waals surface area contributed by atoms with Crippen LogP contribution >= 0.6 is 23.2 Å². The lowest BCUT2D eigenvalue weighted by Crippen LogP contribution is -2.15. The van der Waals surface area contributed by atoms with E-state index in [9.17, 15) is 4.79 Å². The van der Waals surface area contributed by atoms with Crippen LogP contribution in [0, 0.1) is 0 Å². The zero-order chi connectivity index (χ0) is 15.5. The van der Waals surface area contributed by atoms with Crippen LogP contribution in [-0.4, -0.2) is 26.1 Å². The summed E-state index contributed by atoms with van der Waals surface area (Å²) in [5.74, 6) is -0.301. The second kappa shape index (κ2) is 6.13. The molecule has 0 spiro atoms. The molecule has 22 heavy (non-hydrogen) atoms. The summed E-state index contributed by atoms with van der Waals surface area (Å²) in [6.45, 7) is 0. The first-order valence-corrected chi connectivity index (χ1v) is 6.99. The molecule has 3 rings (SSSR count). The zero-order valence-corrected chi connectivity index (χ0v) is 12.6. The number of benzene rings is 2. The van der Waals surface area contributed by atoms with Crippen molar-refractivity contribution in [3.8, 4) is 5.69 Å². The molecule has 0 aliphatic heterocycles. The lowest BCUT2D eigenvalue weighted by molar-refractivity contribution is 0.102. The highest BCUT2D eigenvalue weighted by Crippen LogP contribution is 2.21. The van der Waals surface area contributed by atoms with E-state index in [2.05, 4.69) is 20.8 Å². The molecule has 2 aromatic carbocycles. The fourth-order valence-corrected chi connectivity index (χ4v) is 2.18. The first kappa shape index (κ1) is 14.5. The van der Waals surface area contributed by atoms with Crippen LogP contribution in [0.5, 0.6) is 0 Å². The minimum atomic E-state index is -0.301. The number of hydrogen-bond donors (Lipinski definition) is 1. The lowest BCUT2D eigenvalue weighted by atomic mass is 10.1. The Morgan fingerprint density at radius 3 is 2.45 bits per heavy atom. The summed E-state index contributed by atoms with van der Waals surface area (Å²) in [5.41, 5.74) is 1.52. The first-order valence-electron chi connectivity index (χ1n) is 6.23. The Morgan fingerprint density at radius 2 is 1.77 bits per heavy atom. The second-order valence-electron chi connectivity index (χ2n) is 4.38. The largest absolute Gasteiger partial charge is 0.322 e. The normalized spacial score (nSPS) is 10.5. The zero-order valence-electron chi connectivity index (χ0n) is 11.1. The topological polar surface area (TPSA) is 72.7 Å². The van der Waals surface area contributed by atoms with Gasteiger partial charge in [-0.2, -0.15) is 4.68 Å². The van der Waals surface area contributed by atoms with Gasteiger partial charge in [0.1, 0.15) is 6.33 Å². The predicted molar refractivity (Wildman–Crippen MR) is 83.6 cm³/mol. The van der Waals surface area contributed by atoms with Gasteiger partial charge in [0, 0.05) is 15.7 Å². The minimum Gasteiger partial charge on any atom is -0.322 e. The number of rotatable bonds is 3. The van der Waals surface area contributed by atoms with Gasteiger partial charge in [-0.15, -0.1) is 5.10 Å². The molecule has 0 aliphatic rings. The van der Waals surface area contributed by atoms with Gasteiger partial charge in [0.15, 0.2) is 0 Å². The molecule has 0 radical (unpaired) electrons. The minimum absolute atomic E-state index is 0.301. The van der Waals surface area contributed by atoms with E-state index in [0.717, 1.165) is 0 Å². The molecule has 0 atom stereocenters. The molecular formula is C14H9Cl2N5O. The third-order valence-electron chi connectivity index (χ3n) is 2.90. The van der Waals surface area contributed by atoms with Crippen LogP contribution in [0.2, 0.25) is 10.0 Å². The first-order chi connectivity index (χ1) is 10.6. The molecule has 8 heteroatoms. The number of anilines is 1. The predicted octanol–water partition coefficient (Wildman–Crippen LogP) is 3.22. The molecular weight excluding hydrogens is 325 g/mol. The third kappa shape index (κ3) is 3.08. The van der Waals surface area contributed by atoms with Crippen LogP contribution in [0.1, 0.15) is 10.4 Å². The Balaban J connectivity index is 1.94. The van der Waals surface area contributed by atoms with E-state index in [1.807, 2.05) is 0 Å². The van der Waals surface area contributed by atoms with Crippen molar-refractivity contribution < 1.29 is 4.79 Å². The SMILES string of the molecule is O=C(Nc1ccc(Cl)cc1)c1ccc(Cl)cc1-n1cnnn1. The van der Waals surface area contributed by atoms with Crippen LogP contribution in [0.3, 0.4) is 0 Å².